The van der Waals surface area contributed by atoms with Crippen LogP contribution in [0.25, 0.3) is 0 Å². The fraction of sp³-hybridized carbons (Fsp3) is 0.133. The van der Waals surface area contributed by atoms with Crippen molar-refractivity contribution in [1.29, 1.82) is 10.5 Å². The molecular formula is C15H10Cl2N3O3. The van der Waals surface area contributed by atoms with Crippen molar-refractivity contribution in [3.05, 3.63) is 57.4 Å². The Hall–Kier alpha value is -2.38. The molecule has 23 heavy (non-hydrogen) atoms. The average molecular weight is 351 g/mol. The second kappa shape index (κ2) is 8.30. The lowest BCUT2D eigenvalue weighted by molar-refractivity contribution is -0.885. The summed E-state index contributed by atoms with van der Waals surface area (Å²) < 4.78 is 1.66. The molecule has 0 aromatic carbocycles. The Balaban J connectivity index is 0.000000253. The molecule has 0 saturated heterocycles. The molecule has 0 N–H and O–H groups in total. The molecule has 1 radical (unpaired) electrons. The van der Waals surface area contributed by atoms with E-state index in [0.29, 0.717) is 0 Å². The Morgan fingerprint density at radius 3 is 2.26 bits per heavy atom. The topological polar surface area (TPSA) is 101 Å². The van der Waals surface area contributed by atoms with Gasteiger partial charge in [-0.25, -0.2) is 0 Å². The van der Waals surface area contributed by atoms with E-state index in [1.54, 1.807) is 11.8 Å². The Bertz CT molecular complexity index is 773. The van der Waals surface area contributed by atoms with Gasteiger partial charge in [0.1, 0.15) is 23.8 Å². The van der Waals surface area contributed by atoms with Crippen LogP contribution >= 0.6 is 23.2 Å². The standard InChI is InChI=1S/C8Cl2N2O2.C7H10NO/c9-5-6(10)8(14)4(2-12)3(1-11)7(5)13;1-7-4-3-5-8(6-7)9-2/h;3-6H,1-2H3/q-1;+1. The predicted octanol–water partition coefficient (Wildman–Crippen LogP) is 0.835. The van der Waals surface area contributed by atoms with Crippen molar-refractivity contribution >= 4 is 29.0 Å². The van der Waals surface area contributed by atoms with Crippen LogP contribution in [0.4, 0.5) is 0 Å². The zero-order valence-electron chi connectivity index (χ0n) is 12.1. The van der Waals surface area contributed by atoms with Crippen molar-refractivity contribution in [3.63, 3.8) is 0 Å². The van der Waals surface area contributed by atoms with E-state index in [2.05, 4.69) is 0 Å². The van der Waals surface area contributed by atoms with Crippen molar-refractivity contribution in [2.75, 3.05) is 7.11 Å². The second-order valence-corrected chi connectivity index (χ2v) is 4.94. The lowest BCUT2D eigenvalue weighted by Crippen LogP contribution is -2.39. The van der Waals surface area contributed by atoms with Crippen molar-refractivity contribution in [2.24, 2.45) is 0 Å². The molecule has 6 nitrogen and oxygen atoms in total. The maximum absolute atomic E-state index is 11.2. The van der Waals surface area contributed by atoms with E-state index in [1.165, 1.54) is 17.7 Å². The summed E-state index contributed by atoms with van der Waals surface area (Å²) in [7, 11) is 1.64. The maximum atomic E-state index is 11.2. The van der Waals surface area contributed by atoms with Gasteiger partial charge in [-0.05, 0) is 19.1 Å². The van der Waals surface area contributed by atoms with Gasteiger partial charge in [-0.15, -0.1) is 0 Å². The number of rotatable bonds is 1. The van der Waals surface area contributed by atoms with E-state index >= 15 is 0 Å². The Labute approximate surface area is 143 Å². The number of ketones is 1. The highest BCUT2D eigenvalue weighted by Gasteiger charge is 2.29. The van der Waals surface area contributed by atoms with Gasteiger partial charge in [-0.3, -0.25) is 9.63 Å². The molecule has 117 valence electrons. The van der Waals surface area contributed by atoms with Crippen LogP contribution in [0.3, 0.4) is 0 Å². The molecule has 0 atom stereocenters. The molecule has 0 spiro atoms. The van der Waals surface area contributed by atoms with Gasteiger partial charge in [-0.1, -0.05) is 23.2 Å². The number of hydrogen-bond donors (Lipinski definition) is 0. The third-order valence-electron chi connectivity index (χ3n) is 2.65. The summed E-state index contributed by atoms with van der Waals surface area (Å²) in [5.74, 6) is -0.893. The molecule has 1 aromatic heterocycles. The molecule has 1 heterocycles. The number of halogens is 2. The quantitative estimate of drug-likeness (QED) is 0.698. The lowest BCUT2D eigenvalue weighted by Gasteiger charge is -2.25. The molecule has 0 aliphatic heterocycles. The minimum absolute atomic E-state index is 0.521. The van der Waals surface area contributed by atoms with Gasteiger partial charge in [-0.2, -0.15) is 10.5 Å². The van der Waals surface area contributed by atoms with Crippen molar-refractivity contribution < 1.29 is 19.5 Å². The van der Waals surface area contributed by atoms with Gasteiger partial charge >= 0.3 is 0 Å². The van der Waals surface area contributed by atoms with Crippen LogP contribution < -0.4 is 14.7 Å². The van der Waals surface area contributed by atoms with Crippen LogP contribution in [0.1, 0.15) is 5.56 Å². The molecule has 1 aliphatic rings. The van der Waals surface area contributed by atoms with Gasteiger partial charge in [0, 0.05) is 27.0 Å². The minimum atomic E-state index is -0.893. The van der Waals surface area contributed by atoms with Crippen LogP contribution in [0, 0.1) is 35.7 Å². The summed E-state index contributed by atoms with van der Waals surface area (Å²) in [5, 5.41) is 27.2. The van der Waals surface area contributed by atoms with E-state index in [1.807, 2.05) is 31.5 Å². The van der Waals surface area contributed by atoms with Crippen molar-refractivity contribution in [1.82, 2.24) is 0 Å². The first-order chi connectivity index (χ1) is 10.9. The molecule has 8 heteroatoms. The van der Waals surface area contributed by atoms with Gasteiger partial charge in [0.25, 0.3) is 0 Å². The normalized spacial score (nSPS) is 14.7. The predicted molar refractivity (Wildman–Crippen MR) is 79.1 cm³/mol. The summed E-state index contributed by atoms with van der Waals surface area (Å²) in [5.41, 5.74) is 0.0677. The van der Waals surface area contributed by atoms with E-state index in [4.69, 9.17) is 38.6 Å². The number of aromatic nitrogens is 1. The molecule has 0 unspecified atom stereocenters. The average Bonchev–Trinajstić information content (AvgIpc) is 2.56. The number of allylic oxidation sites excluding steroid dienone is 2. The largest absolute Gasteiger partial charge is 0.841 e. The van der Waals surface area contributed by atoms with E-state index in [-0.39, 0.29) is 0 Å². The summed E-state index contributed by atoms with van der Waals surface area (Å²) in [6, 6.07) is 6.86. The smallest absolute Gasteiger partial charge is 0.225 e. The third kappa shape index (κ3) is 4.30. The highest BCUT2D eigenvalue weighted by molar-refractivity contribution is 6.52. The van der Waals surface area contributed by atoms with Crippen LogP contribution in [0.15, 0.2) is 45.7 Å². The summed E-state index contributed by atoms with van der Waals surface area (Å²) >= 11 is 10.8. The van der Waals surface area contributed by atoms with Gasteiger partial charge in [0.2, 0.25) is 18.2 Å². The summed E-state index contributed by atoms with van der Waals surface area (Å²) in [6.07, 6.45) is 2.88. The highest BCUT2D eigenvalue weighted by Crippen LogP contribution is 2.34. The molecule has 1 aliphatic carbocycles. The molecule has 2 rings (SSSR count). The first-order valence-electron chi connectivity index (χ1n) is 6.08. The molecule has 0 amide bonds. The number of carbonyl (C=O) groups is 1. The molecule has 1 aromatic rings. The monoisotopic (exact) mass is 350 g/mol. The van der Waals surface area contributed by atoms with Gasteiger partial charge in [0.05, 0.1) is 6.07 Å². The molecular weight excluding hydrogens is 341 g/mol. The number of Topliss-reactive ketones (excluding diaryl/α,β-unsaturated/α-hetero) is 1. The SMILES string of the molecule is CO[n+]1cccc(C)c1.N#CC1=C(C#N)C(=O)C(Cl)=C(Cl)[C]1[O-]. The first kappa shape index (κ1) is 18.7. The zero-order valence-corrected chi connectivity index (χ0v) is 13.6. The first-order valence-corrected chi connectivity index (χ1v) is 6.84. The third-order valence-corrected chi connectivity index (χ3v) is 3.47. The fourth-order valence-electron chi connectivity index (χ4n) is 1.54. The van der Waals surface area contributed by atoms with E-state index in [9.17, 15) is 9.90 Å². The Morgan fingerprint density at radius 1 is 1.22 bits per heavy atom. The van der Waals surface area contributed by atoms with E-state index in [0.717, 1.165) is 0 Å². The van der Waals surface area contributed by atoms with Gasteiger partial charge in [0.15, 0.2) is 0 Å². The Morgan fingerprint density at radius 2 is 1.83 bits per heavy atom. The fourth-order valence-corrected chi connectivity index (χ4v) is 1.90. The van der Waals surface area contributed by atoms with Crippen LogP contribution in [0.5, 0.6) is 0 Å². The van der Waals surface area contributed by atoms with Crippen LogP contribution in [-0.2, 0) is 4.79 Å². The summed E-state index contributed by atoms with van der Waals surface area (Å²) in [4.78, 5) is 16.1. The van der Waals surface area contributed by atoms with Crippen molar-refractivity contribution in [2.45, 2.75) is 6.92 Å². The lowest BCUT2D eigenvalue weighted by atomic mass is 9.95. The Kier molecular flexibility index (Phi) is 6.74. The zero-order chi connectivity index (χ0) is 17.6. The van der Waals surface area contributed by atoms with Gasteiger partial charge < -0.3 is 5.11 Å². The number of hydrogen-bond acceptors (Lipinski definition) is 5. The maximum Gasteiger partial charge on any atom is 0.225 e. The number of nitrogens with zero attached hydrogens (tertiary/aromatic N) is 3. The minimum Gasteiger partial charge on any atom is -0.841 e. The number of pyridine rings is 1. The van der Waals surface area contributed by atoms with Crippen LogP contribution in [-0.4, -0.2) is 12.9 Å². The van der Waals surface area contributed by atoms with Crippen molar-refractivity contribution in [3.8, 4) is 12.1 Å². The van der Waals surface area contributed by atoms with Crippen LogP contribution in [0.2, 0.25) is 0 Å². The molecule has 0 bridgehead atoms. The number of nitriles is 2. The second-order valence-electron chi connectivity index (χ2n) is 4.18. The summed E-state index contributed by atoms with van der Waals surface area (Å²) in [6.45, 7) is 2.02. The molecule has 0 saturated carbocycles. The molecule has 0 fully saturated rings. The number of carbonyl (C=O) groups excluding carboxylic acids is 1. The van der Waals surface area contributed by atoms with E-state index < -0.39 is 33.1 Å². The highest BCUT2D eigenvalue weighted by atomic mass is 35.5. The number of aryl methyl sites for hydroxylation is 1.